The molecule has 1 aromatic carbocycles. The van der Waals surface area contributed by atoms with Crippen molar-refractivity contribution in [1.82, 2.24) is 14.5 Å². The van der Waals surface area contributed by atoms with Gasteiger partial charge in [0, 0.05) is 54.8 Å². The highest BCUT2D eigenvalue weighted by molar-refractivity contribution is 5.87. The SMILES string of the molecule is CC1=CC(C)C(c2ccn(-c3ccc4c5c(n(C)c4c3)CNCC5)c(=O)c2)C=N1. The van der Waals surface area contributed by atoms with Gasteiger partial charge in [0.25, 0.3) is 5.56 Å². The average molecular weight is 386 g/mol. The Labute approximate surface area is 170 Å². The number of pyridine rings is 1. The Hall–Kier alpha value is -2.92. The number of aryl methyl sites for hydroxylation is 1. The fourth-order valence-electron chi connectivity index (χ4n) is 4.80. The van der Waals surface area contributed by atoms with Gasteiger partial charge >= 0.3 is 0 Å². The molecular weight excluding hydrogens is 360 g/mol. The molecule has 0 fully saturated rings. The Bertz CT molecular complexity index is 1230. The lowest BCUT2D eigenvalue weighted by atomic mass is 9.86. The molecule has 2 aliphatic rings. The molecule has 2 aliphatic heterocycles. The molecule has 2 aromatic heterocycles. The van der Waals surface area contributed by atoms with Crippen LogP contribution in [0.25, 0.3) is 16.6 Å². The lowest BCUT2D eigenvalue weighted by Crippen LogP contribution is -2.24. The van der Waals surface area contributed by atoms with Gasteiger partial charge in [-0.3, -0.25) is 14.4 Å². The molecule has 0 saturated heterocycles. The van der Waals surface area contributed by atoms with Crippen LogP contribution in [0.5, 0.6) is 0 Å². The van der Waals surface area contributed by atoms with Crippen molar-refractivity contribution in [1.29, 1.82) is 0 Å². The average Bonchev–Trinajstić information content (AvgIpc) is 3.00. The minimum Gasteiger partial charge on any atom is -0.346 e. The number of aliphatic imine (C=N–C) groups is 1. The minimum absolute atomic E-state index is 0.00522. The van der Waals surface area contributed by atoms with Crippen molar-refractivity contribution in [2.45, 2.75) is 32.7 Å². The van der Waals surface area contributed by atoms with Gasteiger partial charge in [-0.15, -0.1) is 0 Å². The molecule has 0 saturated carbocycles. The first-order valence-electron chi connectivity index (χ1n) is 10.3. The number of allylic oxidation sites excluding steroid dienone is 2. The third kappa shape index (κ3) is 2.97. The van der Waals surface area contributed by atoms with E-state index in [0.717, 1.165) is 36.5 Å². The number of nitrogens with zero attached hydrogens (tertiary/aromatic N) is 3. The van der Waals surface area contributed by atoms with Crippen molar-refractivity contribution >= 4 is 17.1 Å². The highest BCUT2D eigenvalue weighted by atomic mass is 16.1. The van der Waals surface area contributed by atoms with Gasteiger partial charge in [-0.25, -0.2) is 0 Å². The normalized spacial score (nSPS) is 21.3. The van der Waals surface area contributed by atoms with Gasteiger partial charge < -0.3 is 9.88 Å². The Morgan fingerprint density at radius 2 is 2.07 bits per heavy atom. The molecule has 0 spiro atoms. The van der Waals surface area contributed by atoms with E-state index in [4.69, 9.17) is 0 Å². The largest absolute Gasteiger partial charge is 0.346 e. The van der Waals surface area contributed by atoms with E-state index in [9.17, 15) is 4.79 Å². The number of benzene rings is 1. The van der Waals surface area contributed by atoms with E-state index >= 15 is 0 Å². The summed E-state index contributed by atoms with van der Waals surface area (Å²) in [6.07, 6.45) is 7.08. The maximum Gasteiger partial charge on any atom is 0.255 e. The molecule has 1 N–H and O–H groups in total. The molecule has 5 rings (SSSR count). The highest BCUT2D eigenvalue weighted by Crippen LogP contribution is 2.30. The Morgan fingerprint density at radius 1 is 1.21 bits per heavy atom. The van der Waals surface area contributed by atoms with E-state index < -0.39 is 0 Å². The van der Waals surface area contributed by atoms with E-state index in [1.54, 1.807) is 10.6 Å². The van der Waals surface area contributed by atoms with Crippen LogP contribution in [0.15, 0.2) is 58.1 Å². The summed E-state index contributed by atoms with van der Waals surface area (Å²) in [5.74, 6) is 0.484. The molecule has 0 radical (unpaired) electrons. The lowest BCUT2D eigenvalue weighted by molar-refractivity contribution is 0.614. The standard InChI is InChI=1S/C24H26N4O/c1-15-10-16(2)26-13-21(15)17-7-9-28(24(29)11-17)18-4-5-19-20-6-8-25-14-23(20)27(3)22(19)12-18/h4-5,7,9-13,15,21,25H,6,8,14H2,1-3H3. The quantitative estimate of drug-likeness (QED) is 0.730. The fraction of sp³-hybridized carbons (Fsp3) is 0.333. The molecule has 0 amide bonds. The minimum atomic E-state index is -0.00522. The predicted molar refractivity (Wildman–Crippen MR) is 118 cm³/mol. The van der Waals surface area contributed by atoms with Crippen molar-refractivity contribution in [2.24, 2.45) is 18.0 Å². The van der Waals surface area contributed by atoms with Gasteiger partial charge in [-0.2, -0.15) is 0 Å². The first-order chi connectivity index (χ1) is 14.0. The summed E-state index contributed by atoms with van der Waals surface area (Å²) in [6, 6.07) is 10.2. The van der Waals surface area contributed by atoms with Gasteiger partial charge in [-0.1, -0.05) is 19.1 Å². The van der Waals surface area contributed by atoms with Crippen molar-refractivity contribution in [3.63, 3.8) is 0 Å². The van der Waals surface area contributed by atoms with Crippen LogP contribution in [0, 0.1) is 5.92 Å². The van der Waals surface area contributed by atoms with Crippen LogP contribution >= 0.6 is 0 Å². The molecule has 2 unspecified atom stereocenters. The van der Waals surface area contributed by atoms with E-state index in [2.05, 4.69) is 53.1 Å². The van der Waals surface area contributed by atoms with Gasteiger partial charge in [0.1, 0.15) is 0 Å². The van der Waals surface area contributed by atoms with Gasteiger partial charge in [0.15, 0.2) is 0 Å². The smallest absolute Gasteiger partial charge is 0.255 e. The van der Waals surface area contributed by atoms with Crippen LogP contribution in [0.3, 0.4) is 0 Å². The molecule has 3 aromatic rings. The summed E-state index contributed by atoms with van der Waals surface area (Å²) >= 11 is 0. The topological polar surface area (TPSA) is 51.3 Å². The van der Waals surface area contributed by atoms with Crippen molar-refractivity contribution in [3.05, 3.63) is 75.5 Å². The molecule has 0 bridgehead atoms. The molecule has 4 heterocycles. The molecule has 0 aliphatic carbocycles. The number of hydrogen-bond donors (Lipinski definition) is 1. The monoisotopic (exact) mass is 386 g/mol. The number of aromatic nitrogens is 2. The van der Waals surface area contributed by atoms with Gasteiger partial charge in [0.2, 0.25) is 0 Å². The zero-order valence-corrected chi connectivity index (χ0v) is 17.1. The van der Waals surface area contributed by atoms with Crippen molar-refractivity contribution < 1.29 is 0 Å². The third-order valence-corrected chi connectivity index (χ3v) is 6.38. The van der Waals surface area contributed by atoms with E-state index in [0.29, 0.717) is 5.92 Å². The zero-order valence-electron chi connectivity index (χ0n) is 17.1. The van der Waals surface area contributed by atoms with Gasteiger partial charge in [-0.05, 0) is 55.1 Å². The maximum absolute atomic E-state index is 13.0. The van der Waals surface area contributed by atoms with Gasteiger partial charge in [0.05, 0.1) is 11.2 Å². The van der Waals surface area contributed by atoms with Crippen LogP contribution < -0.4 is 10.9 Å². The summed E-state index contributed by atoms with van der Waals surface area (Å²) in [4.78, 5) is 17.4. The second-order valence-electron chi connectivity index (χ2n) is 8.25. The number of nitrogens with one attached hydrogen (secondary N) is 1. The summed E-state index contributed by atoms with van der Waals surface area (Å²) < 4.78 is 3.99. The maximum atomic E-state index is 13.0. The van der Waals surface area contributed by atoms with Crippen LogP contribution in [0.2, 0.25) is 0 Å². The Morgan fingerprint density at radius 3 is 2.86 bits per heavy atom. The molecule has 148 valence electrons. The summed E-state index contributed by atoms with van der Waals surface area (Å²) in [5.41, 5.74) is 6.92. The van der Waals surface area contributed by atoms with E-state index in [-0.39, 0.29) is 11.5 Å². The molecular formula is C24H26N4O. The Kier molecular flexibility index (Phi) is 4.28. The number of rotatable bonds is 2. The fourth-order valence-corrected chi connectivity index (χ4v) is 4.80. The highest BCUT2D eigenvalue weighted by Gasteiger charge is 2.21. The first kappa shape index (κ1) is 18.1. The van der Waals surface area contributed by atoms with Crippen LogP contribution in [-0.2, 0) is 20.0 Å². The second kappa shape index (κ2) is 6.85. The number of hydrogen-bond acceptors (Lipinski definition) is 3. The second-order valence-corrected chi connectivity index (χ2v) is 8.25. The van der Waals surface area contributed by atoms with Crippen LogP contribution in [-0.4, -0.2) is 21.9 Å². The first-order valence-corrected chi connectivity index (χ1v) is 10.3. The van der Waals surface area contributed by atoms with Crippen LogP contribution in [0.4, 0.5) is 0 Å². The van der Waals surface area contributed by atoms with E-state index in [1.807, 2.05) is 25.4 Å². The summed E-state index contributed by atoms with van der Waals surface area (Å²) in [6.45, 7) is 6.10. The third-order valence-electron chi connectivity index (χ3n) is 6.38. The predicted octanol–water partition coefficient (Wildman–Crippen LogP) is 3.68. The molecule has 5 nitrogen and oxygen atoms in total. The number of fused-ring (bicyclic) bond motifs is 3. The molecule has 29 heavy (non-hydrogen) atoms. The summed E-state index contributed by atoms with van der Waals surface area (Å²) in [7, 11) is 2.11. The molecule has 2 atom stereocenters. The van der Waals surface area contributed by atoms with Crippen molar-refractivity contribution in [3.8, 4) is 5.69 Å². The lowest BCUT2D eigenvalue weighted by Gasteiger charge is -2.21. The van der Waals surface area contributed by atoms with Crippen molar-refractivity contribution in [2.75, 3.05) is 6.54 Å². The van der Waals surface area contributed by atoms with Crippen LogP contribution in [0.1, 0.15) is 36.6 Å². The van der Waals surface area contributed by atoms with E-state index in [1.165, 1.54) is 22.2 Å². The molecule has 5 heteroatoms. The zero-order chi connectivity index (χ0) is 20.1. The summed E-state index contributed by atoms with van der Waals surface area (Å²) in [5, 5.41) is 4.75. The Balaban J connectivity index is 1.55.